The number of carbonyl (C=O) groups excluding carboxylic acids is 3. The van der Waals surface area contributed by atoms with Gasteiger partial charge >= 0.3 is 11.9 Å². The summed E-state index contributed by atoms with van der Waals surface area (Å²) in [5.41, 5.74) is 16.9. The van der Waals surface area contributed by atoms with Crippen LogP contribution in [0, 0.1) is 0 Å². The maximum Gasteiger partial charge on any atom is 0.305 e. The summed E-state index contributed by atoms with van der Waals surface area (Å²) in [5.74, 6) is -0.223. The van der Waals surface area contributed by atoms with E-state index in [0.717, 1.165) is 93.1 Å². The highest BCUT2D eigenvalue weighted by Gasteiger charge is 2.20. The molecule has 0 amide bonds. The van der Waals surface area contributed by atoms with Crippen molar-refractivity contribution in [2.24, 2.45) is 0 Å². The molecule has 0 aromatic heterocycles. The minimum atomic E-state index is -0.125. The fraction of sp³-hybridized carbons (Fsp3) is 0.394. The summed E-state index contributed by atoms with van der Waals surface area (Å²) in [6.07, 6.45) is 14.5. The number of unbranched alkanes of at least 4 members (excludes halogenated alkanes) is 2. The average molecular weight is 1050 g/mol. The number of nitrogens with zero attached hydrogens (tertiary/aromatic N) is 6. The van der Waals surface area contributed by atoms with Crippen LogP contribution in [0.2, 0.25) is 0 Å². The van der Waals surface area contributed by atoms with Crippen LogP contribution >= 0.6 is 0 Å². The van der Waals surface area contributed by atoms with E-state index in [1.807, 2.05) is 61.2 Å². The largest absolute Gasteiger partial charge is 0.466 e. The summed E-state index contributed by atoms with van der Waals surface area (Å²) >= 11 is 0. The number of hydrogen-bond donors (Lipinski definition) is 0. The number of allylic oxidation sites excluding steroid dienone is 3. The van der Waals surface area contributed by atoms with E-state index in [0.29, 0.717) is 31.6 Å². The van der Waals surface area contributed by atoms with Gasteiger partial charge in [0, 0.05) is 129 Å². The topological polar surface area (TPSA) is 88.9 Å². The SMILES string of the molecule is C=C(c1ccc(N(C)C)cc1)c1ccc(N(C)C)cc1.CCOC(=O)CCCCN(C)c1ccc(/C=C/C(=C2CCC(=[N+](C)C)CC2)c2ccc(N(C)C)cc2)cc1.CCOC(=O)CCCCN(C)c1ccc(C=O)cc1. The molecule has 0 unspecified atom stereocenters. The maximum absolute atomic E-state index is 11.5. The molecule has 11 nitrogen and oxygen atoms in total. The zero-order chi connectivity index (χ0) is 56.3. The highest BCUT2D eigenvalue weighted by molar-refractivity contribution is 5.87. The van der Waals surface area contributed by atoms with E-state index < -0.39 is 0 Å². The molecule has 0 heterocycles. The number of carbonyl (C=O) groups is 3. The van der Waals surface area contributed by atoms with E-state index in [4.69, 9.17) is 9.47 Å². The van der Waals surface area contributed by atoms with Gasteiger partial charge in [0.25, 0.3) is 0 Å². The molecule has 11 heteroatoms. The van der Waals surface area contributed by atoms with Crippen LogP contribution in [0.5, 0.6) is 0 Å². The second-order valence-corrected chi connectivity index (χ2v) is 20.3. The van der Waals surface area contributed by atoms with Crippen LogP contribution in [0.1, 0.15) is 111 Å². The summed E-state index contributed by atoms with van der Waals surface area (Å²) in [5, 5.41) is 0. The van der Waals surface area contributed by atoms with Crippen LogP contribution < -0.4 is 24.5 Å². The van der Waals surface area contributed by atoms with Gasteiger partial charge in [-0.1, -0.05) is 72.8 Å². The van der Waals surface area contributed by atoms with Gasteiger partial charge in [0.05, 0.1) is 13.2 Å². The van der Waals surface area contributed by atoms with Gasteiger partial charge in [0.1, 0.15) is 20.4 Å². The van der Waals surface area contributed by atoms with Gasteiger partial charge in [-0.15, -0.1) is 0 Å². The summed E-state index contributed by atoms with van der Waals surface area (Å²) in [7, 11) is 20.8. The fourth-order valence-corrected chi connectivity index (χ4v) is 8.79. The highest BCUT2D eigenvalue weighted by atomic mass is 16.5. The third-order valence-corrected chi connectivity index (χ3v) is 13.7. The first-order chi connectivity index (χ1) is 36.9. The minimum Gasteiger partial charge on any atom is -0.466 e. The Hall–Kier alpha value is -7.40. The zero-order valence-electron chi connectivity index (χ0n) is 48.6. The van der Waals surface area contributed by atoms with Crippen molar-refractivity contribution in [1.82, 2.24) is 0 Å². The number of aldehydes is 1. The van der Waals surface area contributed by atoms with Gasteiger partial charge in [-0.05, 0) is 159 Å². The number of rotatable bonds is 23. The van der Waals surface area contributed by atoms with Crippen LogP contribution in [0.3, 0.4) is 0 Å². The molecule has 0 saturated heterocycles. The minimum absolute atomic E-state index is 0.0984. The van der Waals surface area contributed by atoms with Gasteiger partial charge in [-0.2, -0.15) is 0 Å². The standard InChI is InChI=1S/C33H46N3O2.C18H22N2.C15H21NO3/c1-7-38-33(37)10-8-9-25-36(6)31-18-11-26(12-19-31)13-24-32(27-14-20-29(21-15-27)34(2)3)28-16-22-30(23-17-28)35(4)5;1-14(15-6-10-17(11-7-15)19(2)3)16-8-12-18(13-9-16)20(4)5;1-3-19-15(18)6-4-5-11-16(2)14-9-7-13(12-17)8-10-14/h11-15,18-21,24H,7-10,16-17,22-23,25H2,1-6H3;6-13H,1H2,2-5H3;7-10,12H,3-6,11H2,1-2H3/q+1;;/b24-13+;;. The van der Waals surface area contributed by atoms with Crippen LogP contribution in [0.15, 0.2) is 140 Å². The molecular formula is C66H89N6O5+. The van der Waals surface area contributed by atoms with Crippen molar-refractivity contribution >= 4 is 69.6 Å². The molecule has 1 saturated carbocycles. The molecule has 1 aliphatic rings. The molecule has 0 atom stereocenters. The molecule has 0 N–H and O–H groups in total. The highest BCUT2D eigenvalue weighted by Crippen LogP contribution is 2.33. The van der Waals surface area contributed by atoms with E-state index in [1.165, 1.54) is 39.4 Å². The summed E-state index contributed by atoms with van der Waals surface area (Å²) in [4.78, 5) is 43.9. The Balaban J connectivity index is 0.000000275. The normalized spacial score (nSPS) is 11.8. The van der Waals surface area contributed by atoms with Crippen molar-refractivity contribution in [3.63, 3.8) is 0 Å². The molecular weight excluding hydrogens is 957 g/mol. The van der Waals surface area contributed by atoms with Crippen molar-refractivity contribution in [1.29, 1.82) is 0 Å². The molecule has 0 bridgehead atoms. The van der Waals surface area contributed by atoms with Crippen molar-refractivity contribution in [3.8, 4) is 0 Å². The Morgan fingerprint density at radius 2 is 0.870 bits per heavy atom. The first kappa shape index (κ1) is 62.1. The number of hydrogen-bond acceptors (Lipinski definition) is 10. The first-order valence-electron chi connectivity index (χ1n) is 27.3. The van der Waals surface area contributed by atoms with E-state index in [9.17, 15) is 14.4 Å². The summed E-state index contributed by atoms with van der Waals surface area (Å²) in [6, 6.07) is 42.1. The molecule has 412 valence electrons. The lowest BCUT2D eigenvalue weighted by atomic mass is 9.86. The Morgan fingerprint density at radius 1 is 0.506 bits per heavy atom. The fourth-order valence-electron chi connectivity index (χ4n) is 8.79. The Labute approximate surface area is 462 Å². The molecule has 0 spiro atoms. The molecule has 5 aromatic rings. The van der Waals surface area contributed by atoms with Crippen LogP contribution in [-0.4, -0.2) is 125 Å². The Bertz CT molecular complexity index is 2620. The smallest absolute Gasteiger partial charge is 0.305 e. The maximum atomic E-state index is 11.5. The van der Waals surface area contributed by atoms with E-state index in [2.05, 4.69) is 180 Å². The Kier molecular flexibility index (Phi) is 26.6. The van der Waals surface area contributed by atoms with Gasteiger partial charge in [-0.25, -0.2) is 4.58 Å². The molecule has 0 aliphatic heterocycles. The van der Waals surface area contributed by atoms with Crippen LogP contribution in [0.4, 0.5) is 28.4 Å². The predicted molar refractivity (Wildman–Crippen MR) is 328 cm³/mol. The second-order valence-electron chi connectivity index (χ2n) is 20.3. The lowest BCUT2D eigenvalue weighted by Gasteiger charge is -2.20. The second kappa shape index (κ2) is 32.9. The van der Waals surface area contributed by atoms with E-state index >= 15 is 0 Å². The predicted octanol–water partition coefficient (Wildman–Crippen LogP) is 13.2. The van der Waals surface area contributed by atoms with Gasteiger partial charge in [0.2, 0.25) is 0 Å². The number of esters is 2. The molecule has 77 heavy (non-hydrogen) atoms. The quantitative estimate of drug-likeness (QED) is 0.0273. The molecule has 1 fully saturated rings. The molecule has 5 aromatic carbocycles. The number of benzene rings is 5. The van der Waals surface area contributed by atoms with Crippen LogP contribution in [-0.2, 0) is 19.1 Å². The van der Waals surface area contributed by atoms with Gasteiger partial charge in [-0.3, -0.25) is 14.4 Å². The molecule has 0 radical (unpaired) electrons. The first-order valence-corrected chi connectivity index (χ1v) is 27.3. The summed E-state index contributed by atoms with van der Waals surface area (Å²) in [6.45, 7) is 10.6. The lowest BCUT2D eigenvalue weighted by Crippen LogP contribution is -2.18. The lowest BCUT2D eigenvalue weighted by molar-refractivity contribution is -0.467. The monoisotopic (exact) mass is 1050 g/mol. The van der Waals surface area contributed by atoms with E-state index in [-0.39, 0.29) is 11.9 Å². The van der Waals surface area contributed by atoms with Crippen molar-refractivity contribution in [2.75, 3.05) is 121 Å². The molecule has 1 aliphatic carbocycles. The zero-order valence-corrected chi connectivity index (χ0v) is 48.6. The number of ether oxygens (including phenoxy) is 2. The number of anilines is 5. The molecule has 6 rings (SSSR count). The van der Waals surface area contributed by atoms with Gasteiger partial charge < -0.3 is 34.0 Å². The summed E-state index contributed by atoms with van der Waals surface area (Å²) < 4.78 is 12.2. The third kappa shape index (κ3) is 21.3. The van der Waals surface area contributed by atoms with Crippen LogP contribution in [0.25, 0.3) is 17.2 Å². The van der Waals surface area contributed by atoms with Gasteiger partial charge in [0.15, 0.2) is 5.71 Å². The Morgan fingerprint density at radius 3 is 1.22 bits per heavy atom. The third-order valence-electron chi connectivity index (χ3n) is 13.7. The average Bonchev–Trinajstić information content (AvgIpc) is 3.44. The van der Waals surface area contributed by atoms with Crippen molar-refractivity contribution in [2.45, 2.75) is 78.1 Å². The van der Waals surface area contributed by atoms with Crippen molar-refractivity contribution in [3.05, 3.63) is 167 Å². The van der Waals surface area contributed by atoms with E-state index in [1.54, 1.807) is 23.4 Å². The van der Waals surface area contributed by atoms with Crippen molar-refractivity contribution < 1.29 is 28.4 Å².